The molecule has 0 aromatic carbocycles. The Morgan fingerprint density at radius 3 is 1.25 bits per heavy atom. The standard InChI is InChI=1S/C8H17NO2.C6H13NO2/c9-7-5-3-1-2-4-6-8(10)11;7-5-3-1-2-4-6(8)9/h1-7,9H2,(H,10,11);1-5,7H2,(H,8,9). The van der Waals surface area contributed by atoms with Gasteiger partial charge in [0, 0.05) is 12.8 Å². The van der Waals surface area contributed by atoms with Crippen molar-refractivity contribution < 1.29 is 19.8 Å². The molecule has 0 aromatic heterocycles. The maximum Gasteiger partial charge on any atom is 0.303 e. The summed E-state index contributed by atoms with van der Waals surface area (Å²) in [5, 5.41) is 16.5. The lowest BCUT2D eigenvalue weighted by molar-refractivity contribution is -0.138. The number of hydrogen-bond acceptors (Lipinski definition) is 4. The molecule has 6 heteroatoms. The molecule has 0 radical (unpaired) electrons. The number of aliphatic carboxylic acids is 2. The molecule has 6 nitrogen and oxygen atoms in total. The highest BCUT2D eigenvalue weighted by molar-refractivity contribution is 5.66. The molecule has 0 spiro atoms. The fraction of sp³-hybridized carbons (Fsp3) is 0.857. The van der Waals surface area contributed by atoms with Crippen LogP contribution in [0.2, 0.25) is 0 Å². The maximum atomic E-state index is 10.1. The van der Waals surface area contributed by atoms with Crippen LogP contribution in [0.3, 0.4) is 0 Å². The van der Waals surface area contributed by atoms with Crippen LogP contribution in [0.4, 0.5) is 0 Å². The molecular weight excluding hydrogens is 260 g/mol. The number of nitrogens with two attached hydrogens (primary N) is 2. The smallest absolute Gasteiger partial charge is 0.303 e. The van der Waals surface area contributed by atoms with E-state index in [4.69, 9.17) is 21.7 Å². The zero-order valence-electron chi connectivity index (χ0n) is 12.4. The van der Waals surface area contributed by atoms with Gasteiger partial charge in [-0.1, -0.05) is 25.7 Å². The molecule has 0 heterocycles. The summed E-state index contributed by atoms with van der Waals surface area (Å²) in [5.74, 6) is -1.41. The summed E-state index contributed by atoms with van der Waals surface area (Å²) < 4.78 is 0. The first-order valence-corrected chi connectivity index (χ1v) is 7.38. The van der Waals surface area contributed by atoms with Crippen LogP contribution in [0.1, 0.15) is 64.2 Å². The van der Waals surface area contributed by atoms with E-state index in [1.165, 1.54) is 0 Å². The van der Waals surface area contributed by atoms with Crippen molar-refractivity contribution in [2.24, 2.45) is 11.5 Å². The summed E-state index contributed by atoms with van der Waals surface area (Å²) in [4.78, 5) is 20.0. The van der Waals surface area contributed by atoms with E-state index in [9.17, 15) is 9.59 Å². The lowest BCUT2D eigenvalue weighted by atomic mass is 10.1. The maximum absolute atomic E-state index is 10.1. The minimum Gasteiger partial charge on any atom is -0.481 e. The van der Waals surface area contributed by atoms with Crippen LogP contribution in [0, 0.1) is 0 Å². The van der Waals surface area contributed by atoms with Crippen LogP contribution in [-0.4, -0.2) is 35.2 Å². The Bertz CT molecular complexity index is 235. The fourth-order valence-electron chi connectivity index (χ4n) is 1.55. The van der Waals surface area contributed by atoms with Crippen molar-refractivity contribution in [1.82, 2.24) is 0 Å². The van der Waals surface area contributed by atoms with Crippen LogP contribution in [0.5, 0.6) is 0 Å². The highest BCUT2D eigenvalue weighted by Gasteiger charge is 1.95. The number of hydrogen-bond donors (Lipinski definition) is 4. The monoisotopic (exact) mass is 290 g/mol. The third kappa shape index (κ3) is 25.6. The molecule has 0 saturated heterocycles. The number of unbranched alkanes of at least 4 members (excludes halogenated alkanes) is 6. The van der Waals surface area contributed by atoms with E-state index in [-0.39, 0.29) is 6.42 Å². The third-order valence-electron chi connectivity index (χ3n) is 2.69. The summed E-state index contributed by atoms with van der Waals surface area (Å²) in [6, 6.07) is 0. The van der Waals surface area contributed by atoms with Crippen molar-refractivity contribution in [3.8, 4) is 0 Å². The Kier molecular flexibility index (Phi) is 18.9. The van der Waals surface area contributed by atoms with Gasteiger partial charge in [0.15, 0.2) is 0 Å². The molecule has 0 fully saturated rings. The molecule has 0 aliphatic rings. The van der Waals surface area contributed by atoms with Crippen molar-refractivity contribution in [2.75, 3.05) is 13.1 Å². The Labute approximate surface area is 121 Å². The van der Waals surface area contributed by atoms with E-state index >= 15 is 0 Å². The van der Waals surface area contributed by atoms with Gasteiger partial charge in [-0.05, 0) is 38.8 Å². The third-order valence-corrected chi connectivity index (χ3v) is 2.69. The molecule has 0 aliphatic heterocycles. The van der Waals surface area contributed by atoms with Crippen molar-refractivity contribution in [1.29, 1.82) is 0 Å². The van der Waals surface area contributed by atoms with E-state index in [1.807, 2.05) is 0 Å². The second kappa shape index (κ2) is 17.9. The highest BCUT2D eigenvalue weighted by atomic mass is 16.4. The Morgan fingerprint density at radius 1 is 0.600 bits per heavy atom. The van der Waals surface area contributed by atoms with Gasteiger partial charge in [0.25, 0.3) is 0 Å². The van der Waals surface area contributed by atoms with Crippen molar-refractivity contribution >= 4 is 11.9 Å². The number of rotatable bonds is 12. The zero-order chi connectivity index (χ0) is 15.6. The van der Waals surface area contributed by atoms with E-state index in [1.54, 1.807) is 0 Å². The molecule has 120 valence electrons. The first-order chi connectivity index (χ1) is 9.54. The second-order valence-electron chi connectivity index (χ2n) is 4.69. The average Bonchev–Trinajstić information content (AvgIpc) is 2.39. The molecule has 0 rings (SSSR count). The molecule has 0 saturated carbocycles. The van der Waals surface area contributed by atoms with Gasteiger partial charge >= 0.3 is 11.9 Å². The minimum atomic E-state index is -0.716. The van der Waals surface area contributed by atoms with Gasteiger partial charge in [0.1, 0.15) is 0 Å². The first kappa shape index (κ1) is 21.2. The number of carbonyl (C=O) groups is 2. The summed E-state index contributed by atoms with van der Waals surface area (Å²) >= 11 is 0. The summed E-state index contributed by atoms with van der Waals surface area (Å²) in [6.45, 7) is 1.42. The zero-order valence-corrected chi connectivity index (χ0v) is 12.4. The van der Waals surface area contributed by atoms with Crippen molar-refractivity contribution in [3.63, 3.8) is 0 Å². The van der Waals surface area contributed by atoms with Crippen molar-refractivity contribution in [2.45, 2.75) is 64.2 Å². The molecule has 0 aliphatic carbocycles. The molecule has 0 aromatic rings. The largest absolute Gasteiger partial charge is 0.481 e. The lowest BCUT2D eigenvalue weighted by Gasteiger charge is -1.97. The Balaban J connectivity index is 0. The average molecular weight is 290 g/mol. The fourth-order valence-corrected chi connectivity index (χ4v) is 1.55. The van der Waals surface area contributed by atoms with Gasteiger partial charge in [0.05, 0.1) is 0 Å². The summed E-state index contributed by atoms with van der Waals surface area (Å²) in [5.41, 5.74) is 10.5. The van der Waals surface area contributed by atoms with Crippen LogP contribution < -0.4 is 11.5 Å². The van der Waals surface area contributed by atoms with Crippen LogP contribution in [-0.2, 0) is 9.59 Å². The number of carboxylic acid groups (broad SMARTS) is 2. The molecular formula is C14H30N2O4. The van der Waals surface area contributed by atoms with E-state index < -0.39 is 11.9 Å². The van der Waals surface area contributed by atoms with Gasteiger partial charge in [-0.2, -0.15) is 0 Å². The predicted molar refractivity (Wildman–Crippen MR) is 79.6 cm³/mol. The van der Waals surface area contributed by atoms with Crippen LogP contribution in [0.25, 0.3) is 0 Å². The van der Waals surface area contributed by atoms with Gasteiger partial charge in [0.2, 0.25) is 0 Å². The van der Waals surface area contributed by atoms with E-state index in [0.717, 1.165) is 57.9 Å². The predicted octanol–water partition coefficient (Wildman–Crippen LogP) is 1.96. The topological polar surface area (TPSA) is 127 Å². The molecule has 0 bridgehead atoms. The van der Waals surface area contributed by atoms with Crippen molar-refractivity contribution in [3.05, 3.63) is 0 Å². The second-order valence-corrected chi connectivity index (χ2v) is 4.69. The Hall–Kier alpha value is -1.14. The van der Waals surface area contributed by atoms with E-state index in [2.05, 4.69) is 0 Å². The minimum absolute atomic E-state index is 0.278. The summed E-state index contributed by atoms with van der Waals surface area (Å²) in [7, 11) is 0. The molecule has 20 heavy (non-hydrogen) atoms. The SMILES string of the molecule is NCCCCCC(=O)O.NCCCCCCCC(=O)O. The van der Waals surface area contributed by atoms with E-state index in [0.29, 0.717) is 13.0 Å². The normalized spacial score (nSPS) is 9.70. The van der Waals surface area contributed by atoms with Crippen LogP contribution >= 0.6 is 0 Å². The summed E-state index contributed by atoms with van der Waals surface area (Å²) in [6.07, 6.45) is 8.35. The van der Waals surface area contributed by atoms with Gasteiger partial charge < -0.3 is 21.7 Å². The number of carboxylic acids is 2. The first-order valence-electron chi connectivity index (χ1n) is 7.38. The Morgan fingerprint density at radius 2 is 0.900 bits per heavy atom. The lowest BCUT2D eigenvalue weighted by Crippen LogP contribution is -1.99. The quantitative estimate of drug-likeness (QED) is 0.407. The highest BCUT2D eigenvalue weighted by Crippen LogP contribution is 2.04. The van der Waals surface area contributed by atoms with Gasteiger partial charge in [-0.3, -0.25) is 9.59 Å². The van der Waals surface area contributed by atoms with Gasteiger partial charge in [-0.15, -0.1) is 0 Å². The molecule has 0 unspecified atom stereocenters. The van der Waals surface area contributed by atoms with Crippen LogP contribution in [0.15, 0.2) is 0 Å². The molecule has 0 amide bonds. The molecule has 0 atom stereocenters. The van der Waals surface area contributed by atoms with Gasteiger partial charge in [-0.25, -0.2) is 0 Å². The molecule has 6 N–H and O–H groups in total.